The highest BCUT2D eigenvalue weighted by Crippen LogP contribution is 2.41. The Kier molecular flexibility index (Phi) is 5.04. The third-order valence-corrected chi connectivity index (χ3v) is 6.07. The van der Waals surface area contributed by atoms with Crippen molar-refractivity contribution in [1.29, 1.82) is 0 Å². The van der Waals surface area contributed by atoms with E-state index in [1.54, 1.807) is 12.1 Å². The first kappa shape index (κ1) is 17.2. The molecule has 0 unspecified atom stereocenters. The molecule has 0 atom stereocenters. The second-order valence-electron chi connectivity index (χ2n) is 4.27. The summed E-state index contributed by atoms with van der Waals surface area (Å²) in [6.45, 7) is 0. The van der Waals surface area contributed by atoms with E-state index >= 15 is 0 Å². The van der Waals surface area contributed by atoms with Gasteiger partial charge in [0.2, 0.25) is 0 Å². The topological polar surface area (TPSA) is 34.1 Å². The third-order valence-electron chi connectivity index (χ3n) is 2.74. The van der Waals surface area contributed by atoms with Crippen molar-refractivity contribution in [3.63, 3.8) is 0 Å². The van der Waals surface area contributed by atoms with Gasteiger partial charge in [0, 0.05) is 11.8 Å². The van der Waals surface area contributed by atoms with Gasteiger partial charge < -0.3 is 0 Å². The average Bonchev–Trinajstić information content (AvgIpc) is 2.38. The molecule has 0 aliphatic rings. The van der Waals surface area contributed by atoms with Crippen LogP contribution in [-0.2, 0) is 9.84 Å². The molecule has 0 N–H and O–H groups in total. The van der Waals surface area contributed by atoms with Crippen LogP contribution in [0.3, 0.4) is 0 Å². The van der Waals surface area contributed by atoms with Gasteiger partial charge in [-0.3, -0.25) is 0 Å². The van der Waals surface area contributed by atoms with E-state index in [1.165, 1.54) is 12.1 Å². The van der Waals surface area contributed by atoms with Gasteiger partial charge in [0.25, 0.3) is 0 Å². The predicted molar refractivity (Wildman–Crippen MR) is 90.0 cm³/mol. The fraction of sp³-hybridized carbons (Fsp3) is 0.0769. The summed E-state index contributed by atoms with van der Waals surface area (Å²) in [5.74, 6) is 0. The van der Waals surface area contributed by atoms with E-state index in [0.717, 1.165) is 6.26 Å². The Balaban J connectivity index is 2.78. The van der Waals surface area contributed by atoms with Crippen molar-refractivity contribution in [2.75, 3.05) is 6.26 Å². The maximum absolute atomic E-state index is 11.8. The molecule has 2 rings (SSSR count). The van der Waals surface area contributed by atoms with Crippen LogP contribution in [0, 0.1) is 0 Å². The molecule has 2 nitrogen and oxygen atoms in total. The minimum absolute atomic E-state index is 0.0286. The Morgan fingerprint density at radius 3 is 2.00 bits per heavy atom. The van der Waals surface area contributed by atoms with E-state index in [2.05, 4.69) is 0 Å². The summed E-state index contributed by atoms with van der Waals surface area (Å²) in [6, 6.07) is 6.11. The molecule has 0 fully saturated rings. The van der Waals surface area contributed by atoms with Crippen LogP contribution in [0.5, 0.6) is 0 Å². The molecule has 112 valence electrons. The van der Waals surface area contributed by atoms with E-state index in [9.17, 15) is 8.42 Å². The molecule has 0 saturated heterocycles. The van der Waals surface area contributed by atoms with Crippen LogP contribution in [0.1, 0.15) is 0 Å². The molecule has 0 spiro atoms. The summed E-state index contributed by atoms with van der Waals surface area (Å²) in [5.41, 5.74) is 0.989. The summed E-state index contributed by atoms with van der Waals surface area (Å²) in [4.78, 5) is -0.0752. The summed E-state index contributed by atoms with van der Waals surface area (Å²) < 4.78 is 23.5. The molecule has 8 heteroatoms. The first-order chi connectivity index (χ1) is 9.62. The molecule has 2 aromatic rings. The van der Waals surface area contributed by atoms with Crippen LogP contribution in [-0.4, -0.2) is 14.7 Å². The number of rotatable bonds is 2. The highest BCUT2D eigenvalue weighted by Gasteiger charge is 2.19. The molecule has 0 bridgehead atoms. The average molecular weight is 405 g/mol. The summed E-state index contributed by atoms with van der Waals surface area (Å²) in [7, 11) is -3.54. The zero-order valence-corrected chi connectivity index (χ0v) is 15.0. The summed E-state index contributed by atoms with van der Waals surface area (Å²) in [6.07, 6.45) is 1.05. The van der Waals surface area contributed by atoms with E-state index in [4.69, 9.17) is 58.0 Å². The SMILES string of the molecule is CS(=O)(=O)c1cc(-c2ccc(Cl)c(Cl)c2Cl)cc(Cl)c1Cl. The van der Waals surface area contributed by atoms with Crippen molar-refractivity contribution in [1.82, 2.24) is 0 Å². The van der Waals surface area contributed by atoms with E-state index in [0.29, 0.717) is 16.1 Å². The van der Waals surface area contributed by atoms with Crippen LogP contribution in [0.25, 0.3) is 11.1 Å². The van der Waals surface area contributed by atoms with Gasteiger partial charge in [-0.2, -0.15) is 0 Å². The van der Waals surface area contributed by atoms with Crippen LogP contribution < -0.4 is 0 Å². The Labute approximate surface area is 147 Å². The molecule has 0 saturated carbocycles. The first-order valence-corrected chi connectivity index (χ1v) is 9.24. The van der Waals surface area contributed by atoms with Crippen molar-refractivity contribution in [3.05, 3.63) is 49.4 Å². The first-order valence-electron chi connectivity index (χ1n) is 5.46. The number of sulfone groups is 1. The highest BCUT2D eigenvalue weighted by molar-refractivity contribution is 7.90. The van der Waals surface area contributed by atoms with Gasteiger partial charge in [-0.25, -0.2) is 8.42 Å². The summed E-state index contributed by atoms with van der Waals surface area (Å²) in [5, 5.41) is 0.773. The van der Waals surface area contributed by atoms with E-state index in [-0.39, 0.29) is 25.0 Å². The van der Waals surface area contributed by atoms with Crippen LogP contribution >= 0.6 is 58.0 Å². The van der Waals surface area contributed by atoms with Gasteiger partial charge in [-0.1, -0.05) is 64.1 Å². The van der Waals surface area contributed by atoms with Gasteiger partial charge in [-0.05, 0) is 23.8 Å². The standard InChI is InChI=1S/C13H7Cl5O2S/c1-21(19,20)10-5-6(4-9(15)12(10)17)7-2-3-8(14)13(18)11(7)16/h2-5H,1H3. The molecule has 0 radical (unpaired) electrons. The molecule has 0 aliphatic heterocycles. The van der Waals surface area contributed by atoms with Crippen LogP contribution in [0.15, 0.2) is 29.2 Å². The monoisotopic (exact) mass is 402 g/mol. The molecule has 0 aliphatic carbocycles. The normalized spacial score (nSPS) is 11.7. The van der Waals surface area contributed by atoms with Crippen LogP contribution in [0.2, 0.25) is 25.1 Å². The van der Waals surface area contributed by atoms with E-state index in [1.807, 2.05) is 0 Å². The molecule has 2 aromatic carbocycles. The molecule has 0 heterocycles. The predicted octanol–water partition coefficient (Wildman–Crippen LogP) is 6.02. The Morgan fingerprint density at radius 1 is 0.810 bits per heavy atom. The summed E-state index contributed by atoms with van der Waals surface area (Å²) >= 11 is 30.0. The smallest absolute Gasteiger partial charge is 0.177 e. The largest absolute Gasteiger partial charge is 0.224 e. The number of benzene rings is 2. The lowest BCUT2D eigenvalue weighted by Gasteiger charge is -2.11. The van der Waals surface area contributed by atoms with Gasteiger partial charge in [0.05, 0.1) is 30.0 Å². The van der Waals surface area contributed by atoms with Crippen molar-refractivity contribution in [2.24, 2.45) is 0 Å². The van der Waals surface area contributed by atoms with Crippen molar-refractivity contribution in [2.45, 2.75) is 4.90 Å². The minimum atomic E-state index is -3.54. The molecular formula is C13H7Cl5O2S. The van der Waals surface area contributed by atoms with Gasteiger partial charge >= 0.3 is 0 Å². The zero-order valence-electron chi connectivity index (χ0n) is 10.4. The number of halogens is 5. The maximum atomic E-state index is 11.8. The molecular weight excluding hydrogens is 397 g/mol. The van der Waals surface area contributed by atoms with Crippen molar-refractivity contribution < 1.29 is 8.42 Å². The maximum Gasteiger partial charge on any atom is 0.177 e. The van der Waals surface area contributed by atoms with Gasteiger partial charge in [0.15, 0.2) is 9.84 Å². The van der Waals surface area contributed by atoms with Crippen LogP contribution in [0.4, 0.5) is 0 Å². The Hall–Kier alpha value is -0.160. The third kappa shape index (κ3) is 3.44. The quantitative estimate of drug-likeness (QED) is 0.573. The minimum Gasteiger partial charge on any atom is -0.224 e. The molecule has 21 heavy (non-hydrogen) atoms. The second kappa shape index (κ2) is 6.15. The fourth-order valence-electron chi connectivity index (χ4n) is 1.74. The van der Waals surface area contributed by atoms with Gasteiger partial charge in [-0.15, -0.1) is 0 Å². The van der Waals surface area contributed by atoms with Gasteiger partial charge in [0.1, 0.15) is 0 Å². The molecule has 0 aromatic heterocycles. The number of hydrogen-bond donors (Lipinski definition) is 0. The Bertz CT molecular complexity index is 831. The van der Waals surface area contributed by atoms with Crippen molar-refractivity contribution >= 4 is 67.8 Å². The van der Waals surface area contributed by atoms with Crippen molar-refractivity contribution in [3.8, 4) is 11.1 Å². The number of hydrogen-bond acceptors (Lipinski definition) is 2. The van der Waals surface area contributed by atoms with E-state index < -0.39 is 9.84 Å². The lowest BCUT2D eigenvalue weighted by molar-refractivity contribution is 0.602. The highest BCUT2D eigenvalue weighted by atomic mass is 35.5. The fourth-order valence-corrected chi connectivity index (χ4v) is 3.96. The zero-order chi connectivity index (χ0) is 15.9. The Morgan fingerprint density at radius 2 is 1.43 bits per heavy atom. The second-order valence-corrected chi connectivity index (χ2v) is 8.20. The lowest BCUT2D eigenvalue weighted by Crippen LogP contribution is -1.99. The lowest BCUT2D eigenvalue weighted by atomic mass is 10.1. The molecule has 0 amide bonds.